The summed E-state index contributed by atoms with van der Waals surface area (Å²) in [6, 6.07) is 14.6. The summed E-state index contributed by atoms with van der Waals surface area (Å²) in [6.45, 7) is 1.89. The maximum atomic E-state index is 13.4. The first kappa shape index (κ1) is 20.0. The number of fused-ring (bicyclic) bond motifs is 1. The third kappa shape index (κ3) is 3.22. The first-order valence-corrected chi connectivity index (χ1v) is 9.71. The monoisotopic (exact) mass is 439 g/mol. The molecule has 0 aromatic heterocycles. The summed E-state index contributed by atoms with van der Waals surface area (Å²) in [5.74, 6) is -2.01. The van der Waals surface area contributed by atoms with E-state index in [9.17, 15) is 14.7 Å². The first-order valence-electron chi connectivity index (χ1n) is 8.96. The van der Waals surface area contributed by atoms with Crippen molar-refractivity contribution >= 4 is 58.1 Å². The third-order valence-corrected chi connectivity index (χ3v) is 5.61. The summed E-state index contributed by atoms with van der Waals surface area (Å²) in [7, 11) is 0. The van der Waals surface area contributed by atoms with E-state index in [1.807, 2.05) is 19.1 Å². The van der Waals surface area contributed by atoms with Crippen LogP contribution in [-0.4, -0.2) is 22.1 Å². The topological polar surface area (TPSA) is 77.8 Å². The average Bonchev–Trinajstić information content (AvgIpc) is 2.97. The molecular formula is C23H15Cl2NO4. The fraction of sp³-hybridized carbons (Fsp3) is 0.0435. The molecular weight excluding hydrogens is 425 g/mol. The third-order valence-electron chi connectivity index (χ3n) is 4.95. The lowest BCUT2D eigenvalue weighted by molar-refractivity contribution is -0.112. The van der Waals surface area contributed by atoms with Crippen molar-refractivity contribution in [3.8, 4) is 5.75 Å². The molecule has 1 amide bonds. The Morgan fingerprint density at radius 3 is 2.33 bits per heavy atom. The molecule has 30 heavy (non-hydrogen) atoms. The van der Waals surface area contributed by atoms with Gasteiger partial charge >= 0.3 is 5.97 Å². The van der Waals surface area contributed by atoms with Crippen molar-refractivity contribution in [2.75, 3.05) is 4.90 Å². The summed E-state index contributed by atoms with van der Waals surface area (Å²) in [4.78, 5) is 26.1. The highest BCUT2D eigenvalue weighted by atomic mass is 35.5. The van der Waals surface area contributed by atoms with E-state index in [0.29, 0.717) is 32.6 Å². The highest BCUT2D eigenvalue weighted by molar-refractivity contribution is 6.41. The number of aromatic hydroxyl groups is 1. The molecule has 0 radical (unpaired) electrons. The number of aromatic carboxylic acids is 1. The number of amides is 1. The van der Waals surface area contributed by atoms with Gasteiger partial charge in [0.1, 0.15) is 11.3 Å². The number of carboxylic acids is 1. The minimum atomic E-state index is -1.25. The van der Waals surface area contributed by atoms with E-state index in [2.05, 4.69) is 0 Å². The zero-order valence-corrected chi connectivity index (χ0v) is 17.2. The summed E-state index contributed by atoms with van der Waals surface area (Å²) < 4.78 is 0. The average molecular weight is 440 g/mol. The van der Waals surface area contributed by atoms with E-state index in [1.54, 1.807) is 30.3 Å². The van der Waals surface area contributed by atoms with Crippen LogP contribution < -0.4 is 4.90 Å². The van der Waals surface area contributed by atoms with Gasteiger partial charge in [0, 0.05) is 27.2 Å². The number of phenols is 1. The number of benzene rings is 3. The molecule has 5 nitrogen and oxygen atoms in total. The number of anilines is 2. The normalized spacial score (nSPS) is 14.3. The molecule has 0 saturated heterocycles. The minimum absolute atomic E-state index is 0.242. The van der Waals surface area contributed by atoms with Crippen LogP contribution in [0.4, 0.5) is 11.4 Å². The molecule has 1 heterocycles. The Morgan fingerprint density at radius 2 is 1.70 bits per heavy atom. The standard InChI is InChI=1S/C23H15Cl2NO4/c1-12-4-2-7-19-21(12)16(11-15-17(24)5-3-6-18(15)25)22(28)26(19)13-8-9-14(23(29)30)20(27)10-13/h2-11,27H,1H3,(H,29,30)/b16-11-. The van der Waals surface area contributed by atoms with Crippen LogP contribution >= 0.6 is 23.2 Å². The number of carboxylic acid groups (broad SMARTS) is 1. The molecule has 0 spiro atoms. The quantitative estimate of drug-likeness (QED) is 0.496. The van der Waals surface area contributed by atoms with Gasteiger partial charge in [-0.25, -0.2) is 4.79 Å². The summed E-state index contributed by atoms with van der Waals surface area (Å²) in [6.07, 6.45) is 1.66. The maximum absolute atomic E-state index is 13.4. The lowest BCUT2D eigenvalue weighted by atomic mass is 9.99. The van der Waals surface area contributed by atoms with Crippen molar-refractivity contribution in [1.82, 2.24) is 0 Å². The smallest absolute Gasteiger partial charge is 0.339 e. The molecule has 1 aliphatic rings. The Hall–Kier alpha value is -3.28. The Morgan fingerprint density at radius 1 is 1.03 bits per heavy atom. The number of halogens is 2. The van der Waals surface area contributed by atoms with Gasteiger partial charge in [0.15, 0.2) is 0 Å². The number of carbonyl (C=O) groups is 2. The zero-order chi connectivity index (χ0) is 21.6. The molecule has 0 atom stereocenters. The second-order valence-electron chi connectivity index (χ2n) is 6.81. The van der Waals surface area contributed by atoms with E-state index in [1.165, 1.54) is 23.1 Å². The molecule has 0 unspecified atom stereocenters. The maximum Gasteiger partial charge on any atom is 0.339 e. The SMILES string of the molecule is Cc1cccc2c1/C(=C/c1c(Cl)cccc1Cl)C(=O)N2c1ccc(C(=O)O)c(O)c1. The predicted octanol–water partition coefficient (Wildman–Crippen LogP) is 5.92. The van der Waals surface area contributed by atoms with Gasteiger partial charge in [0.25, 0.3) is 5.91 Å². The van der Waals surface area contributed by atoms with Crippen molar-refractivity contribution in [2.45, 2.75) is 6.92 Å². The molecule has 0 bridgehead atoms. The molecule has 4 rings (SSSR count). The van der Waals surface area contributed by atoms with Crippen LogP contribution in [0.5, 0.6) is 5.75 Å². The highest BCUT2D eigenvalue weighted by Gasteiger charge is 2.35. The number of nitrogens with zero attached hydrogens (tertiary/aromatic N) is 1. The van der Waals surface area contributed by atoms with Crippen LogP contribution in [0.3, 0.4) is 0 Å². The van der Waals surface area contributed by atoms with Gasteiger partial charge in [-0.15, -0.1) is 0 Å². The molecule has 0 aliphatic carbocycles. The van der Waals surface area contributed by atoms with Crippen LogP contribution in [0.2, 0.25) is 10.0 Å². The molecule has 7 heteroatoms. The van der Waals surface area contributed by atoms with Gasteiger partial charge < -0.3 is 10.2 Å². The largest absolute Gasteiger partial charge is 0.507 e. The van der Waals surface area contributed by atoms with Crippen LogP contribution in [0.25, 0.3) is 11.6 Å². The van der Waals surface area contributed by atoms with Gasteiger partial charge in [-0.3, -0.25) is 9.69 Å². The molecule has 0 fully saturated rings. The minimum Gasteiger partial charge on any atom is -0.507 e. The zero-order valence-electron chi connectivity index (χ0n) is 15.7. The fourth-order valence-electron chi connectivity index (χ4n) is 3.55. The Bertz CT molecular complexity index is 1230. The van der Waals surface area contributed by atoms with E-state index in [-0.39, 0.29) is 11.5 Å². The van der Waals surface area contributed by atoms with Gasteiger partial charge in [-0.2, -0.15) is 0 Å². The van der Waals surface area contributed by atoms with Crippen LogP contribution in [-0.2, 0) is 4.79 Å². The van der Waals surface area contributed by atoms with E-state index in [4.69, 9.17) is 28.3 Å². The van der Waals surface area contributed by atoms with Crippen LogP contribution in [0.15, 0.2) is 54.6 Å². The van der Waals surface area contributed by atoms with Crippen molar-refractivity contribution in [3.05, 3.63) is 86.9 Å². The van der Waals surface area contributed by atoms with Gasteiger partial charge in [0.05, 0.1) is 16.9 Å². The molecule has 3 aromatic rings. The van der Waals surface area contributed by atoms with E-state index in [0.717, 1.165) is 11.1 Å². The fourth-order valence-corrected chi connectivity index (χ4v) is 4.06. The van der Waals surface area contributed by atoms with Crippen molar-refractivity contribution in [2.24, 2.45) is 0 Å². The van der Waals surface area contributed by atoms with Crippen LogP contribution in [0, 0.1) is 6.92 Å². The summed E-state index contributed by atoms with van der Waals surface area (Å²) >= 11 is 12.6. The number of rotatable bonds is 3. The van der Waals surface area contributed by atoms with E-state index >= 15 is 0 Å². The lowest BCUT2D eigenvalue weighted by Gasteiger charge is -2.18. The number of carbonyl (C=O) groups excluding carboxylic acids is 1. The molecule has 2 N–H and O–H groups in total. The number of hydrogen-bond acceptors (Lipinski definition) is 3. The molecule has 150 valence electrons. The van der Waals surface area contributed by atoms with Gasteiger partial charge in [-0.1, -0.05) is 41.4 Å². The number of aryl methyl sites for hydroxylation is 1. The summed E-state index contributed by atoms with van der Waals surface area (Å²) in [5.41, 5.74) is 3.27. The Balaban J connectivity index is 1.92. The second-order valence-corrected chi connectivity index (χ2v) is 7.62. The Kier molecular flexibility index (Phi) is 5.02. The van der Waals surface area contributed by atoms with Gasteiger partial charge in [-0.05, 0) is 48.9 Å². The predicted molar refractivity (Wildman–Crippen MR) is 118 cm³/mol. The first-order chi connectivity index (χ1) is 14.3. The van der Waals surface area contributed by atoms with E-state index < -0.39 is 11.7 Å². The van der Waals surface area contributed by atoms with Crippen molar-refractivity contribution < 1.29 is 19.8 Å². The molecule has 1 aliphatic heterocycles. The lowest BCUT2D eigenvalue weighted by Crippen LogP contribution is -2.20. The molecule has 3 aromatic carbocycles. The van der Waals surface area contributed by atoms with Crippen LogP contribution in [0.1, 0.15) is 27.0 Å². The highest BCUT2D eigenvalue weighted by Crippen LogP contribution is 2.45. The van der Waals surface area contributed by atoms with Crippen molar-refractivity contribution in [1.29, 1.82) is 0 Å². The number of hydrogen-bond donors (Lipinski definition) is 2. The second kappa shape index (κ2) is 7.52. The van der Waals surface area contributed by atoms with Crippen molar-refractivity contribution in [3.63, 3.8) is 0 Å². The van der Waals surface area contributed by atoms with Gasteiger partial charge in [0.2, 0.25) is 0 Å². The Labute approximate surface area is 182 Å². The molecule has 0 saturated carbocycles. The summed E-state index contributed by atoms with van der Waals surface area (Å²) in [5, 5.41) is 20.1.